The van der Waals surface area contributed by atoms with Gasteiger partial charge in [-0.3, -0.25) is 0 Å². The zero-order valence-electron chi connectivity index (χ0n) is 23.2. The minimum Gasteiger partial charge on any atom is -0.0999 e. The van der Waals surface area contributed by atoms with Gasteiger partial charge in [0.2, 0.25) is 0 Å². The largest absolute Gasteiger partial charge is 0.0999 e. The van der Waals surface area contributed by atoms with Gasteiger partial charge in [-0.05, 0) is 0 Å². The van der Waals surface area contributed by atoms with E-state index in [1.54, 1.807) is 9.45 Å². The van der Waals surface area contributed by atoms with Gasteiger partial charge in [-0.1, -0.05) is 62.8 Å². The predicted octanol–water partition coefficient (Wildman–Crippen LogP) is 9.84. The first kappa shape index (κ1) is 27.2. The van der Waals surface area contributed by atoms with Crippen LogP contribution in [0.25, 0.3) is 0 Å². The third-order valence-corrected chi connectivity index (χ3v) is 20.7. The summed E-state index contributed by atoms with van der Waals surface area (Å²) < 4.78 is 8.28. The van der Waals surface area contributed by atoms with Gasteiger partial charge in [0.05, 0.1) is 16.1 Å². The van der Waals surface area contributed by atoms with E-state index in [-0.39, 0.29) is 0 Å². The van der Waals surface area contributed by atoms with Crippen molar-refractivity contribution in [1.82, 2.24) is 0 Å². The van der Waals surface area contributed by atoms with Crippen molar-refractivity contribution in [2.24, 2.45) is 23.7 Å². The fourth-order valence-electron chi connectivity index (χ4n) is 6.99. The molecule has 0 amide bonds. The SMILES string of the molecule is C1=CC2C(C=C1)[CH]([Ti]1([NH]c3ccccc3)[CH2][CH2]1)C1CCCCC21.C=C(C(=C)[Si](C)(C)C)[Si](C)(C)C. The van der Waals surface area contributed by atoms with Crippen LogP contribution in [-0.2, 0) is 16.8 Å². The van der Waals surface area contributed by atoms with E-state index in [9.17, 15) is 0 Å². The molecule has 1 N–H and O–H groups in total. The van der Waals surface area contributed by atoms with Crippen molar-refractivity contribution in [2.75, 3.05) is 3.80 Å². The number of para-hydroxylation sites is 1. The second-order valence-electron chi connectivity index (χ2n) is 13.7. The Morgan fingerprint density at radius 2 is 1.29 bits per heavy atom. The Morgan fingerprint density at radius 3 is 1.80 bits per heavy atom. The number of rotatable bonds is 6. The minimum absolute atomic E-state index is 0.854. The quantitative estimate of drug-likeness (QED) is 0.280. The molecule has 0 spiro atoms. The summed E-state index contributed by atoms with van der Waals surface area (Å²) >= 11 is -1.90. The van der Waals surface area contributed by atoms with Crippen LogP contribution in [0.15, 0.2) is 78.2 Å². The van der Waals surface area contributed by atoms with Gasteiger partial charge in [0.15, 0.2) is 0 Å². The first-order valence-electron chi connectivity index (χ1n) is 14.0. The molecule has 5 unspecified atom stereocenters. The summed E-state index contributed by atoms with van der Waals surface area (Å²) in [6.45, 7) is 22.4. The number of hydrogen-bond donors (Lipinski definition) is 1. The smallest absolute Gasteiger partial charge is 0.0766 e. The van der Waals surface area contributed by atoms with E-state index in [2.05, 4.69) is 111 Å². The monoisotopic (exact) mass is 539 g/mol. The summed E-state index contributed by atoms with van der Waals surface area (Å²) in [6.07, 6.45) is 15.8. The van der Waals surface area contributed by atoms with Gasteiger partial charge in [-0.2, -0.15) is 0 Å². The summed E-state index contributed by atoms with van der Waals surface area (Å²) in [6, 6.07) is 11.1. The fraction of sp³-hybridized carbons (Fsp3) is 0.548. The number of anilines is 1. The van der Waals surface area contributed by atoms with E-state index in [0.29, 0.717) is 0 Å². The predicted molar refractivity (Wildman–Crippen MR) is 159 cm³/mol. The molecule has 1 aliphatic heterocycles. The Bertz CT molecular complexity index is 953. The molecule has 2 saturated carbocycles. The van der Waals surface area contributed by atoms with Crippen molar-refractivity contribution < 1.29 is 16.8 Å². The molecule has 5 atom stereocenters. The first-order chi connectivity index (χ1) is 16.4. The van der Waals surface area contributed by atoms with E-state index in [1.807, 2.05) is 0 Å². The van der Waals surface area contributed by atoms with Crippen LogP contribution >= 0.6 is 0 Å². The second kappa shape index (κ2) is 10.5. The van der Waals surface area contributed by atoms with Crippen molar-refractivity contribution >= 4 is 21.8 Å². The molecule has 3 fully saturated rings. The Hall–Kier alpha value is -0.872. The maximum Gasteiger partial charge on any atom is 0.0766 e. The maximum absolute atomic E-state index is 4.19. The Labute approximate surface area is 222 Å². The standard InChI is InChI=1S/C13H17.C10H22Si2.C6H6N.C2H4.Ti/c1-3-7-12-10(5-1)9-11-6-2-4-8-13(11)12;1-9(11(3,4)5)10(2)12(6,7)8;7-6-4-2-1-3-5-6;1-2;/h1,3,5,7,9-13H,2,4,6,8H2;1-2H2,3-8H3;1-5,7H;1-2H2;/q;;-1;;+1. The van der Waals surface area contributed by atoms with Crippen LogP contribution in [-0.4, -0.2) is 16.1 Å². The summed E-state index contributed by atoms with van der Waals surface area (Å²) in [5, 5.41) is 2.73. The molecule has 1 heterocycles. The topological polar surface area (TPSA) is 12.0 Å². The molecular weight excluding hydrogens is 490 g/mol. The van der Waals surface area contributed by atoms with Crippen molar-refractivity contribution in [3.8, 4) is 0 Å². The molecule has 1 saturated heterocycles. The van der Waals surface area contributed by atoms with Crippen molar-refractivity contribution in [2.45, 2.75) is 78.6 Å². The normalized spacial score (nSPS) is 30.4. The maximum atomic E-state index is 4.19. The first-order valence-corrected chi connectivity index (χ1v) is 24.9. The zero-order valence-corrected chi connectivity index (χ0v) is 26.8. The van der Waals surface area contributed by atoms with Crippen LogP contribution in [0.1, 0.15) is 25.7 Å². The summed E-state index contributed by atoms with van der Waals surface area (Å²) in [5.74, 6) is 3.72. The zero-order chi connectivity index (χ0) is 25.4. The van der Waals surface area contributed by atoms with Crippen molar-refractivity contribution in [3.63, 3.8) is 0 Å². The molecule has 4 aliphatic rings. The van der Waals surface area contributed by atoms with Crippen molar-refractivity contribution in [3.05, 3.63) is 78.2 Å². The molecule has 190 valence electrons. The van der Waals surface area contributed by atoms with Gasteiger partial charge in [-0.25, -0.2) is 0 Å². The van der Waals surface area contributed by atoms with Gasteiger partial charge in [0.1, 0.15) is 0 Å². The van der Waals surface area contributed by atoms with Gasteiger partial charge in [-0.15, -0.1) is 0 Å². The van der Waals surface area contributed by atoms with Crippen molar-refractivity contribution in [1.29, 1.82) is 0 Å². The van der Waals surface area contributed by atoms with Gasteiger partial charge < -0.3 is 0 Å². The van der Waals surface area contributed by atoms with Gasteiger partial charge in [0, 0.05) is 0 Å². The third kappa shape index (κ3) is 6.00. The number of nitrogens with one attached hydrogen (secondary N) is 1. The molecule has 35 heavy (non-hydrogen) atoms. The van der Waals surface area contributed by atoms with E-state index >= 15 is 0 Å². The van der Waals surface area contributed by atoms with Crippen LogP contribution in [0.3, 0.4) is 0 Å². The molecule has 1 nitrogen and oxygen atoms in total. The fourth-order valence-corrected chi connectivity index (χ4v) is 19.7. The molecule has 0 bridgehead atoms. The number of benzene rings is 1. The van der Waals surface area contributed by atoms with E-state index < -0.39 is 33.0 Å². The van der Waals surface area contributed by atoms with Crippen LogP contribution in [0.5, 0.6) is 0 Å². The third-order valence-electron chi connectivity index (χ3n) is 9.24. The molecule has 0 aromatic heterocycles. The number of fused-ring (bicyclic) bond motifs is 3. The average molecular weight is 540 g/mol. The van der Waals surface area contributed by atoms with Crippen LogP contribution in [0.2, 0.25) is 53.0 Å². The molecule has 1 aromatic rings. The number of hydrogen-bond acceptors (Lipinski definition) is 1. The Morgan fingerprint density at radius 1 is 0.771 bits per heavy atom. The van der Waals surface area contributed by atoms with E-state index in [0.717, 1.165) is 27.9 Å². The molecule has 4 heteroatoms. The van der Waals surface area contributed by atoms with E-state index in [1.165, 1.54) is 41.8 Å². The summed E-state index contributed by atoms with van der Waals surface area (Å²) in [4.78, 5) is 0. The number of allylic oxidation sites excluding steroid dienone is 6. The van der Waals surface area contributed by atoms with E-state index in [4.69, 9.17) is 0 Å². The summed E-state index contributed by atoms with van der Waals surface area (Å²) in [7, 11) is -2.39. The molecule has 5 rings (SSSR count). The average Bonchev–Trinajstić information content (AvgIpc) is 3.50. The van der Waals surface area contributed by atoms with Gasteiger partial charge in [0.25, 0.3) is 0 Å². The van der Waals surface area contributed by atoms with Crippen LogP contribution in [0.4, 0.5) is 5.69 Å². The van der Waals surface area contributed by atoms with Crippen LogP contribution in [0, 0.1) is 23.7 Å². The minimum atomic E-state index is -1.90. The summed E-state index contributed by atoms with van der Waals surface area (Å²) in [5.41, 5.74) is 1.40. The molecular formula is C31H49NSi2Ti. The van der Waals surface area contributed by atoms with Crippen LogP contribution < -0.4 is 3.80 Å². The van der Waals surface area contributed by atoms with Gasteiger partial charge >= 0.3 is 144 Å². The molecule has 0 radical (unpaired) electrons. The Balaban J connectivity index is 0.000000207. The molecule has 1 aromatic carbocycles. The molecule has 3 aliphatic carbocycles. The second-order valence-corrected chi connectivity index (χ2v) is 30.5. The Kier molecular flexibility index (Phi) is 8.13.